The topological polar surface area (TPSA) is 35.5 Å². The van der Waals surface area contributed by atoms with Crippen LogP contribution in [0.2, 0.25) is 0 Å². The third kappa shape index (κ3) is 4.87. The van der Waals surface area contributed by atoms with Crippen molar-refractivity contribution in [3.05, 3.63) is 12.8 Å². The molecule has 0 bridgehead atoms. The van der Waals surface area contributed by atoms with Gasteiger partial charge in [-0.1, -0.05) is 6.58 Å². The highest BCUT2D eigenvalue weighted by molar-refractivity contribution is 5.37. The molecule has 1 atom stereocenters. The summed E-state index contributed by atoms with van der Waals surface area (Å²) in [4.78, 5) is 9.67. The molecule has 0 spiro atoms. The molecule has 52 valence electrons. The van der Waals surface area contributed by atoms with Gasteiger partial charge in [-0.15, -0.1) is 0 Å². The maximum Gasteiger partial charge on any atom is 0.293 e. The molecule has 0 fully saturated rings. The Balaban J connectivity index is 3.14. The van der Waals surface area contributed by atoms with Gasteiger partial charge in [-0.2, -0.15) is 0 Å². The Kier molecular flexibility index (Phi) is 4.59. The van der Waals surface area contributed by atoms with E-state index < -0.39 is 0 Å². The molecule has 0 aromatic heterocycles. The van der Waals surface area contributed by atoms with Gasteiger partial charge in [0.25, 0.3) is 6.47 Å². The van der Waals surface area contributed by atoms with E-state index in [0.717, 1.165) is 0 Å². The first kappa shape index (κ1) is 8.01. The van der Waals surface area contributed by atoms with Gasteiger partial charge < -0.3 is 9.47 Å². The second-order valence-electron chi connectivity index (χ2n) is 1.54. The van der Waals surface area contributed by atoms with Crippen molar-refractivity contribution in [1.82, 2.24) is 0 Å². The van der Waals surface area contributed by atoms with Crippen LogP contribution in [-0.4, -0.2) is 19.2 Å². The highest BCUT2D eigenvalue weighted by Gasteiger charge is 1.97. The van der Waals surface area contributed by atoms with Gasteiger partial charge in [0, 0.05) is 0 Å². The quantitative estimate of drug-likeness (QED) is 0.406. The lowest BCUT2D eigenvalue weighted by molar-refractivity contribution is -0.134. The lowest BCUT2D eigenvalue weighted by Gasteiger charge is -2.06. The Morgan fingerprint density at radius 2 is 2.44 bits per heavy atom. The second kappa shape index (κ2) is 5.15. The summed E-state index contributed by atoms with van der Waals surface area (Å²) in [7, 11) is 0. The molecule has 3 heteroatoms. The fourth-order valence-electron chi connectivity index (χ4n) is 0.338. The highest BCUT2D eigenvalue weighted by Crippen LogP contribution is 1.88. The molecule has 0 amide bonds. The molecule has 0 saturated heterocycles. The van der Waals surface area contributed by atoms with Crippen LogP contribution in [0.1, 0.15) is 6.92 Å². The largest absolute Gasteiger partial charge is 0.498 e. The fraction of sp³-hybridized carbons (Fsp3) is 0.500. The van der Waals surface area contributed by atoms with Crippen molar-refractivity contribution in [2.45, 2.75) is 13.0 Å². The standard InChI is InChI=1S/C6H10O3/c1-3-8-4-6(2)9-5-7/h3,5-6H,1,4H2,2H3. The van der Waals surface area contributed by atoms with Gasteiger partial charge in [0.1, 0.15) is 12.7 Å². The molecule has 0 aliphatic heterocycles. The average Bonchev–Trinajstić information content (AvgIpc) is 1.85. The number of carbonyl (C=O) groups is 1. The van der Waals surface area contributed by atoms with Gasteiger partial charge in [0.15, 0.2) is 0 Å². The van der Waals surface area contributed by atoms with Gasteiger partial charge in [-0.25, -0.2) is 0 Å². The van der Waals surface area contributed by atoms with Crippen LogP contribution in [0.5, 0.6) is 0 Å². The summed E-state index contributed by atoms with van der Waals surface area (Å²) in [5.74, 6) is 0. The van der Waals surface area contributed by atoms with Crippen molar-refractivity contribution in [2.24, 2.45) is 0 Å². The lowest BCUT2D eigenvalue weighted by atomic mass is 10.4. The molecule has 9 heavy (non-hydrogen) atoms. The monoisotopic (exact) mass is 130 g/mol. The third-order valence-electron chi connectivity index (χ3n) is 0.737. The maximum atomic E-state index is 9.67. The minimum atomic E-state index is -0.194. The van der Waals surface area contributed by atoms with Gasteiger partial charge in [0.2, 0.25) is 0 Å². The summed E-state index contributed by atoms with van der Waals surface area (Å²) < 4.78 is 9.22. The first-order chi connectivity index (χ1) is 4.31. The van der Waals surface area contributed by atoms with Crippen LogP contribution < -0.4 is 0 Å². The summed E-state index contributed by atoms with van der Waals surface area (Å²) >= 11 is 0. The predicted molar refractivity (Wildman–Crippen MR) is 32.8 cm³/mol. The van der Waals surface area contributed by atoms with Crippen molar-refractivity contribution < 1.29 is 14.3 Å². The molecular formula is C6H10O3. The number of ether oxygens (including phenoxy) is 2. The minimum Gasteiger partial charge on any atom is -0.498 e. The Bertz CT molecular complexity index is 90.3. The van der Waals surface area contributed by atoms with E-state index >= 15 is 0 Å². The molecule has 0 saturated carbocycles. The molecule has 0 aliphatic carbocycles. The fourth-order valence-corrected chi connectivity index (χ4v) is 0.338. The van der Waals surface area contributed by atoms with Crippen molar-refractivity contribution in [3.8, 4) is 0 Å². The van der Waals surface area contributed by atoms with Gasteiger partial charge in [-0.3, -0.25) is 4.79 Å². The summed E-state index contributed by atoms with van der Waals surface area (Å²) in [6, 6.07) is 0. The maximum absolute atomic E-state index is 9.67. The number of carbonyl (C=O) groups excluding carboxylic acids is 1. The van der Waals surface area contributed by atoms with Gasteiger partial charge in [0.05, 0.1) is 6.26 Å². The molecule has 1 unspecified atom stereocenters. The minimum absolute atomic E-state index is 0.194. The van der Waals surface area contributed by atoms with Crippen LogP contribution in [0.4, 0.5) is 0 Å². The van der Waals surface area contributed by atoms with E-state index in [1.54, 1.807) is 6.92 Å². The summed E-state index contributed by atoms with van der Waals surface area (Å²) in [6.45, 7) is 5.82. The van der Waals surface area contributed by atoms with Crippen molar-refractivity contribution in [2.75, 3.05) is 6.61 Å². The van der Waals surface area contributed by atoms with E-state index in [4.69, 9.17) is 4.74 Å². The van der Waals surface area contributed by atoms with E-state index in [-0.39, 0.29) is 6.10 Å². The zero-order chi connectivity index (χ0) is 7.11. The van der Waals surface area contributed by atoms with E-state index in [0.29, 0.717) is 13.1 Å². The molecule has 0 radical (unpaired) electrons. The van der Waals surface area contributed by atoms with E-state index in [1.807, 2.05) is 0 Å². The highest BCUT2D eigenvalue weighted by atomic mass is 16.6. The Labute approximate surface area is 54.3 Å². The predicted octanol–water partition coefficient (Wildman–Crippen LogP) is 0.708. The van der Waals surface area contributed by atoms with Crippen molar-refractivity contribution >= 4 is 6.47 Å². The van der Waals surface area contributed by atoms with E-state index in [1.165, 1.54) is 6.26 Å². The number of rotatable bonds is 5. The Morgan fingerprint density at radius 3 is 2.89 bits per heavy atom. The van der Waals surface area contributed by atoms with Crippen LogP contribution in [0.15, 0.2) is 12.8 Å². The lowest BCUT2D eigenvalue weighted by Crippen LogP contribution is -2.12. The van der Waals surface area contributed by atoms with Crippen LogP contribution in [0, 0.1) is 0 Å². The zero-order valence-corrected chi connectivity index (χ0v) is 5.37. The Morgan fingerprint density at radius 1 is 1.78 bits per heavy atom. The molecular weight excluding hydrogens is 120 g/mol. The average molecular weight is 130 g/mol. The molecule has 0 aromatic carbocycles. The molecule has 0 N–H and O–H groups in total. The van der Waals surface area contributed by atoms with E-state index in [2.05, 4.69) is 11.3 Å². The summed E-state index contributed by atoms with van der Waals surface area (Å²) in [5.41, 5.74) is 0. The van der Waals surface area contributed by atoms with Crippen molar-refractivity contribution in [1.29, 1.82) is 0 Å². The number of hydrogen-bond donors (Lipinski definition) is 0. The second-order valence-corrected chi connectivity index (χ2v) is 1.54. The summed E-state index contributed by atoms with van der Waals surface area (Å²) in [5, 5.41) is 0. The molecule has 0 aromatic rings. The normalized spacial score (nSPS) is 11.7. The van der Waals surface area contributed by atoms with Gasteiger partial charge in [-0.05, 0) is 6.92 Å². The first-order valence-electron chi connectivity index (χ1n) is 2.63. The third-order valence-corrected chi connectivity index (χ3v) is 0.737. The number of hydrogen-bond acceptors (Lipinski definition) is 3. The van der Waals surface area contributed by atoms with Crippen LogP contribution in [0.3, 0.4) is 0 Å². The molecule has 3 nitrogen and oxygen atoms in total. The summed E-state index contributed by atoms with van der Waals surface area (Å²) in [6.07, 6.45) is 1.12. The van der Waals surface area contributed by atoms with Crippen molar-refractivity contribution in [3.63, 3.8) is 0 Å². The van der Waals surface area contributed by atoms with E-state index in [9.17, 15) is 4.79 Å². The Hall–Kier alpha value is -0.990. The molecule has 0 rings (SSSR count). The first-order valence-corrected chi connectivity index (χ1v) is 2.63. The van der Waals surface area contributed by atoms with Crippen LogP contribution in [0.25, 0.3) is 0 Å². The zero-order valence-electron chi connectivity index (χ0n) is 5.37. The molecule has 0 aliphatic rings. The smallest absolute Gasteiger partial charge is 0.293 e. The van der Waals surface area contributed by atoms with Gasteiger partial charge >= 0.3 is 0 Å². The van der Waals surface area contributed by atoms with Crippen LogP contribution >= 0.6 is 0 Å². The SMILES string of the molecule is C=COCC(C)OC=O. The molecule has 0 heterocycles. The van der Waals surface area contributed by atoms with Crippen LogP contribution in [-0.2, 0) is 14.3 Å².